The van der Waals surface area contributed by atoms with Crippen molar-refractivity contribution in [1.82, 2.24) is 25.3 Å². The van der Waals surface area contributed by atoms with E-state index in [1.807, 2.05) is 23.1 Å². The van der Waals surface area contributed by atoms with Crippen molar-refractivity contribution in [3.8, 4) is 0 Å². The lowest BCUT2D eigenvalue weighted by molar-refractivity contribution is 0.295. The number of benzene rings is 1. The second kappa shape index (κ2) is 12.1. The summed E-state index contributed by atoms with van der Waals surface area (Å²) >= 11 is 0. The summed E-state index contributed by atoms with van der Waals surface area (Å²) < 4.78 is 1.95. The van der Waals surface area contributed by atoms with Crippen LogP contribution in [0.3, 0.4) is 0 Å². The molecule has 27 heavy (non-hydrogen) atoms. The van der Waals surface area contributed by atoms with E-state index in [0.717, 1.165) is 51.6 Å². The predicted octanol–water partition coefficient (Wildman–Crippen LogP) is 2.87. The predicted molar refractivity (Wildman–Crippen MR) is 113 cm³/mol. The summed E-state index contributed by atoms with van der Waals surface area (Å²) in [5.74, 6) is 0.871. The van der Waals surface area contributed by atoms with Crippen molar-refractivity contribution >= 4 is 5.96 Å². The molecule has 1 aromatic heterocycles. The number of aromatic nitrogens is 2. The van der Waals surface area contributed by atoms with Crippen LogP contribution in [-0.4, -0.2) is 46.8 Å². The van der Waals surface area contributed by atoms with E-state index in [1.165, 1.54) is 11.1 Å². The maximum atomic E-state index is 4.79. The van der Waals surface area contributed by atoms with Crippen molar-refractivity contribution in [3.05, 3.63) is 53.9 Å². The Balaban J connectivity index is 1.91. The Labute approximate surface area is 163 Å². The number of aryl methyl sites for hydroxylation is 1. The van der Waals surface area contributed by atoms with Crippen molar-refractivity contribution in [2.75, 3.05) is 26.2 Å². The molecule has 0 amide bonds. The maximum Gasteiger partial charge on any atom is 0.191 e. The van der Waals surface area contributed by atoms with Crippen LogP contribution in [0.2, 0.25) is 0 Å². The molecular weight excluding hydrogens is 336 g/mol. The van der Waals surface area contributed by atoms with Gasteiger partial charge in [0.2, 0.25) is 0 Å². The molecule has 0 unspecified atom stereocenters. The summed E-state index contributed by atoms with van der Waals surface area (Å²) in [6, 6.07) is 10.6. The van der Waals surface area contributed by atoms with Gasteiger partial charge in [-0.05, 0) is 43.6 Å². The van der Waals surface area contributed by atoms with Crippen LogP contribution in [0, 0.1) is 0 Å². The molecule has 148 valence electrons. The average molecular weight is 371 g/mol. The minimum atomic E-state index is 0.686. The molecule has 0 atom stereocenters. The number of nitrogens with zero attached hydrogens (tertiary/aromatic N) is 4. The summed E-state index contributed by atoms with van der Waals surface area (Å²) in [5, 5.41) is 11.0. The largest absolute Gasteiger partial charge is 0.357 e. The van der Waals surface area contributed by atoms with Crippen molar-refractivity contribution in [2.45, 2.75) is 46.8 Å². The molecule has 0 spiro atoms. The molecule has 6 heteroatoms. The SMILES string of the molecule is CCNC(=NCc1ccccc1CN(CC)CC)NCCCn1cccn1. The third-order valence-corrected chi connectivity index (χ3v) is 4.57. The molecule has 0 aliphatic heterocycles. The summed E-state index contributed by atoms with van der Waals surface area (Å²) in [7, 11) is 0. The zero-order valence-electron chi connectivity index (χ0n) is 17.0. The first-order valence-electron chi connectivity index (χ1n) is 10.1. The van der Waals surface area contributed by atoms with Crippen molar-refractivity contribution in [1.29, 1.82) is 0 Å². The highest BCUT2D eigenvalue weighted by Gasteiger charge is 2.06. The third kappa shape index (κ3) is 7.43. The lowest BCUT2D eigenvalue weighted by Crippen LogP contribution is -2.38. The molecule has 0 saturated heterocycles. The van der Waals surface area contributed by atoms with Crippen LogP contribution in [0.5, 0.6) is 0 Å². The maximum absolute atomic E-state index is 4.79. The van der Waals surface area contributed by atoms with Gasteiger partial charge in [0.15, 0.2) is 5.96 Å². The van der Waals surface area contributed by atoms with Gasteiger partial charge in [0, 0.05) is 38.6 Å². The molecular formula is C21H34N6. The van der Waals surface area contributed by atoms with E-state index in [4.69, 9.17) is 4.99 Å². The highest BCUT2D eigenvalue weighted by atomic mass is 15.3. The fourth-order valence-corrected chi connectivity index (χ4v) is 2.94. The Hall–Kier alpha value is -2.34. The molecule has 0 saturated carbocycles. The van der Waals surface area contributed by atoms with E-state index in [-0.39, 0.29) is 0 Å². The number of hydrogen-bond acceptors (Lipinski definition) is 3. The Bertz CT molecular complexity index is 661. The van der Waals surface area contributed by atoms with Crippen molar-refractivity contribution < 1.29 is 0 Å². The summed E-state index contributed by atoms with van der Waals surface area (Å²) in [5.41, 5.74) is 2.65. The smallest absolute Gasteiger partial charge is 0.191 e. The van der Waals surface area contributed by atoms with Crippen LogP contribution in [0.25, 0.3) is 0 Å². The molecule has 0 aliphatic carbocycles. The molecule has 1 aromatic carbocycles. The number of aliphatic imine (C=N–C) groups is 1. The number of nitrogens with one attached hydrogen (secondary N) is 2. The standard InChI is InChI=1S/C21H34N6/c1-4-22-21(23-13-9-15-27-16-10-14-25-27)24-17-19-11-7-8-12-20(19)18-26(5-2)6-3/h7-8,10-12,14,16H,4-6,9,13,15,17-18H2,1-3H3,(H2,22,23,24). The van der Waals surface area contributed by atoms with Gasteiger partial charge in [-0.1, -0.05) is 38.1 Å². The van der Waals surface area contributed by atoms with Crippen LogP contribution in [-0.2, 0) is 19.6 Å². The number of hydrogen-bond donors (Lipinski definition) is 2. The highest BCUT2D eigenvalue weighted by molar-refractivity contribution is 5.79. The Morgan fingerprint density at radius 1 is 1.07 bits per heavy atom. The van der Waals surface area contributed by atoms with E-state index in [0.29, 0.717) is 6.54 Å². The van der Waals surface area contributed by atoms with Gasteiger partial charge in [0.05, 0.1) is 6.54 Å². The van der Waals surface area contributed by atoms with Crippen molar-refractivity contribution in [3.63, 3.8) is 0 Å². The first-order valence-corrected chi connectivity index (χ1v) is 10.1. The fraction of sp³-hybridized carbons (Fsp3) is 0.524. The zero-order chi connectivity index (χ0) is 19.3. The van der Waals surface area contributed by atoms with Crippen LogP contribution < -0.4 is 10.6 Å². The normalized spacial score (nSPS) is 11.8. The molecule has 1 heterocycles. The minimum absolute atomic E-state index is 0.686. The van der Waals surface area contributed by atoms with Crippen molar-refractivity contribution in [2.24, 2.45) is 4.99 Å². The Kier molecular flexibility index (Phi) is 9.41. The Morgan fingerprint density at radius 2 is 1.85 bits per heavy atom. The van der Waals surface area contributed by atoms with Crippen LogP contribution in [0.1, 0.15) is 38.3 Å². The quantitative estimate of drug-likeness (QED) is 0.363. The molecule has 6 nitrogen and oxygen atoms in total. The van der Waals surface area contributed by atoms with E-state index < -0.39 is 0 Å². The minimum Gasteiger partial charge on any atom is -0.357 e. The molecule has 2 N–H and O–H groups in total. The lowest BCUT2D eigenvalue weighted by atomic mass is 10.1. The molecule has 0 radical (unpaired) electrons. The fourth-order valence-electron chi connectivity index (χ4n) is 2.94. The highest BCUT2D eigenvalue weighted by Crippen LogP contribution is 2.13. The van der Waals surface area contributed by atoms with Gasteiger partial charge in [-0.2, -0.15) is 5.10 Å². The van der Waals surface area contributed by atoms with Gasteiger partial charge in [-0.3, -0.25) is 9.58 Å². The molecule has 0 bridgehead atoms. The molecule has 2 aromatic rings. The van der Waals surface area contributed by atoms with Crippen LogP contribution in [0.4, 0.5) is 0 Å². The van der Waals surface area contributed by atoms with Gasteiger partial charge in [0.25, 0.3) is 0 Å². The van der Waals surface area contributed by atoms with E-state index in [1.54, 1.807) is 0 Å². The van der Waals surface area contributed by atoms with Gasteiger partial charge in [-0.15, -0.1) is 0 Å². The summed E-state index contributed by atoms with van der Waals surface area (Å²) in [6.45, 7) is 12.9. The van der Waals surface area contributed by atoms with Gasteiger partial charge in [-0.25, -0.2) is 4.99 Å². The second-order valence-electron chi connectivity index (χ2n) is 6.47. The topological polar surface area (TPSA) is 57.5 Å². The monoisotopic (exact) mass is 370 g/mol. The van der Waals surface area contributed by atoms with E-state index in [9.17, 15) is 0 Å². The van der Waals surface area contributed by atoms with Gasteiger partial charge in [0.1, 0.15) is 0 Å². The zero-order valence-corrected chi connectivity index (χ0v) is 17.0. The number of rotatable bonds is 11. The van der Waals surface area contributed by atoms with Gasteiger partial charge < -0.3 is 10.6 Å². The van der Waals surface area contributed by atoms with E-state index in [2.05, 4.69) is 65.7 Å². The lowest BCUT2D eigenvalue weighted by Gasteiger charge is -2.20. The van der Waals surface area contributed by atoms with E-state index >= 15 is 0 Å². The van der Waals surface area contributed by atoms with Crippen LogP contribution in [0.15, 0.2) is 47.7 Å². The second-order valence-corrected chi connectivity index (χ2v) is 6.47. The summed E-state index contributed by atoms with van der Waals surface area (Å²) in [4.78, 5) is 7.22. The average Bonchev–Trinajstić information content (AvgIpc) is 3.21. The Morgan fingerprint density at radius 3 is 2.52 bits per heavy atom. The van der Waals surface area contributed by atoms with Gasteiger partial charge >= 0.3 is 0 Å². The first-order chi connectivity index (χ1) is 13.3. The molecule has 0 fully saturated rings. The molecule has 0 aliphatic rings. The first kappa shape index (κ1) is 21.0. The summed E-state index contributed by atoms with van der Waals surface area (Å²) in [6.07, 6.45) is 4.81. The van der Waals surface area contributed by atoms with Crippen LogP contribution >= 0.6 is 0 Å². The number of guanidine groups is 1. The third-order valence-electron chi connectivity index (χ3n) is 4.57. The molecule has 2 rings (SSSR count).